The van der Waals surface area contributed by atoms with Crippen LogP contribution in [0.3, 0.4) is 0 Å². The van der Waals surface area contributed by atoms with Crippen molar-refractivity contribution in [3.8, 4) is 11.1 Å². The van der Waals surface area contributed by atoms with E-state index in [1.807, 2.05) is 19.9 Å². The number of aromatic nitrogens is 1. The Bertz CT molecular complexity index is 649. The molecule has 98 valence electrons. The Kier molecular flexibility index (Phi) is 3.95. The highest BCUT2D eigenvalue weighted by atomic mass is 19.1. The average molecular weight is 257 g/mol. The normalized spacial score (nSPS) is 10.3. The molecule has 1 aromatic heterocycles. The molecule has 0 radical (unpaired) electrons. The highest BCUT2D eigenvalue weighted by molar-refractivity contribution is 5.62. The van der Waals surface area contributed by atoms with Gasteiger partial charge in [-0.1, -0.05) is 23.8 Å². The first-order chi connectivity index (χ1) is 9.06. The van der Waals surface area contributed by atoms with Gasteiger partial charge in [0.25, 0.3) is 5.56 Å². The van der Waals surface area contributed by atoms with E-state index in [1.165, 1.54) is 23.8 Å². The van der Waals surface area contributed by atoms with Gasteiger partial charge in [0.05, 0.1) is 0 Å². The minimum Gasteiger partial charge on any atom is -0.311 e. The Morgan fingerprint density at radius 2 is 1.74 bits per heavy atom. The fourth-order valence-electron chi connectivity index (χ4n) is 1.77. The molecule has 0 unspecified atom stereocenters. The molecule has 3 heteroatoms. The molecule has 0 saturated heterocycles. The van der Waals surface area contributed by atoms with Crippen LogP contribution in [0, 0.1) is 5.82 Å². The summed E-state index contributed by atoms with van der Waals surface area (Å²) in [6.45, 7) is 4.54. The largest absolute Gasteiger partial charge is 0.311 e. The molecule has 0 aliphatic carbocycles. The molecule has 0 amide bonds. The van der Waals surface area contributed by atoms with Crippen molar-refractivity contribution >= 4 is 0 Å². The number of hydrogen-bond acceptors (Lipinski definition) is 1. The molecule has 0 N–H and O–H groups in total. The smallest absolute Gasteiger partial charge is 0.250 e. The van der Waals surface area contributed by atoms with Crippen molar-refractivity contribution in [3.05, 3.63) is 70.4 Å². The van der Waals surface area contributed by atoms with Gasteiger partial charge in [0.1, 0.15) is 5.82 Å². The predicted molar refractivity (Wildman–Crippen MR) is 75.5 cm³/mol. The lowest BCUT2D eigenvalue weighted by Crippen LogP contribution is -2.17. The Morgan fingerprint density at radius 1 is 1.11 bits per heavy atom. The number of halogens is 1. The first kappa shape index (κ1) is 13.3. The van der Waals surface area contributed by atoms with Crippen molar-refractivity contribution in [1.29, 1.82) is 0 Å². The highest BCUT2D eigenvalue weighted by Gasteiger charge is 2.01. The molecule has 0 saturated carbocycles. The summed E-state index contributed by atoms with van der Waals surface area (Å²) in [6, 6.07) is 9.55. The third kappa shape index (κ3) is 3.41. The van der Waals surface area contributed by atoms with Crippen LogP contribution in [0.2, 0.25) is 0 Å². The summed E-state index contributed by atoms with van der Waals surface area (Å²) >= 11 is 0. The van der Waals surface area contributed by atoms with Crippen molar-refractivity contribution in [3.63, 3.8) is 0 Å². The zero-order chi connectivity index (χ0) is 13.8. The van der Waals surface area contributed by atoms with E-state index >= 15 is 0 Å². The Balaban J connectivity index is 2.38. The lowest BCUT2D eigenvalue weighted by atomic mass is 10.1. The van der Waals surface area contributed by atoms with Crippen LogP contribution in [0.5, 0.6) is 0 Å². The van der Waals surface area contributed by atoms with Crippen LogP contribution in [0.4, 0.5) is 4.39 Å². The van der Waals surface area contributed by atoms with Crippen LogP contribution >= 0.6 is 0 Å². The molecule has 1 aromatic carbocycles. The third-order valence-electron chi connectivity index (χ3n) is 2.86. The molecule has 1 heterocycles. The first-order valence-corrected chi connectivity index (χ1v) is 6.16. The number of pyridine rings is 1. The lowest BCUT2D eigenvalue weighted by molar-refractivity contribution is 0.628. The second-order valence-electron chi connectivity index (χ2n) is 4.70. The number of benzene rings is 1. The van der Waals surface area contributed by atoms with E-state index < -0.39 is 0 Å². The van der Waals surface area contributed by atoms with E-state index in [2.05, 4.69) is 0 Å². The minimum absolute atomic E-state index is 0.0386. The number of nitrogens with zero attached hydrogens (tertiary/aromatic N) is 1. The van der Waals surface area contributed by atoms with Gasteiger partial charge in [-0.05, 0) is 43.2 Å². The van der Waals surface area contributed by atoms with E-state index in [9.17, 15) is 9.18 Å². The van der Waals surface area contributed by atoms with Gasteiger partial charge in [-0.25, -0.2) is 4.39 Å². The first-order valence-electron chi connectivity index (χ1n) is 6.16. The molecule has 2 nitrogen and oxygen atoms in total. The zero-order valence-electron chi connectivity index (χ0n) is 11.1. The quantitative estimate of drug-likeness (QED) is 0.770. The van der Waals surface area contributed by atoms with Gasteiger partial charge in [0, 0.05) is 18.8 Å². The maximum absolute atomic E-state index is 12.9. The van der Waals surface area contributed by atoms with E-state index in [0.717, 1.165) is 11.1 Å². The zero-order valence-corrected chi connectivity index (χ0v) is 11.1. The van der Waals surface area contributed by atoms with Gasteiger partial charge >= 0.3 is 0 Å². The summed E-state index contributed by atoms with van der Waals surface area (Å²) in [5.41, 5.74) is 2.93. The number of allylic oxidation sites excluding steroid dienone is 2. The van der Waals surface area contributed by atoms with E-state index in [1.54, 1.807) is 29.0 Å². The van der Waals surface area contributed by atoms with Crippen molar-refractivity contribution in [2.75, 3.05) is 0 Å². The fraction of sp³-hybridized carbons (Fsp3) is 0.188. The molecule has 0 atom stereocenters. The van der Waals surface area contributed by atoms with Crippen molar-refractivity contribution < 1.29 is 4.39 Å². The summed E-state index contributed by atoms with van der Waals surface area (Å²) in [5.74, 6) is -0.262. The van der Waals surface area contributed by atoms with Gasteiger partial charge in [0.2, 0.25) is 0 Å². The standard InChI is InChI=1S/C16H16FNO/c1-12(2)9-10-18-11-14(5-8-16(18)19)13-3-6-15(17)7-4-13/h3-9,11H,10H2,1-2H3. The minimum atomic E-state index is -0.262. The fourth-order valence-corrected chi connectivity index (χ4v) is 1.77. The van der Waals surface area contributed by atoms with Crippen LogP contribution in [0.15, 0.2) is 59.0 Å². The summed E-state index contributed by atoms with van der Waals surface area (Å²) in [6.07, 6.45) is 3.80. The van der Waals surface area contributed by atoms with Crippen molar-refractivity contribution in [2.24, 2.45) is 0 Å². The lowest BCUT2D eigenvalue weighted by Gasteiger charge is -2.07. The number of rotatable bonds is 3. The van der Waals surface area contributed by atoms with Crippen molar-refractivity contribution in [2.45, 2.75) is 20.4 Å². The van der Waals surface area contributed by atoms with Crippen LogP contribution < -0.4 is 5.56 Å². The summed E-state index contributed by atoms with van der Waals surface area (Å²) in [7, 11) is 0. The van der Waals surface area contributed by atoms with E-state index in [4.69, 9.17) is 0 Å². The Labute approximate surface area is 111 Å². The second kappa shape index (κ2) is 5.65. The average Bonchev–Trinajstić information content (AvgIpc) is 2.39. The molecule has 2 rings (SSSR count). The maximum atomic E-state index is 12.9. The highest BCUT2D eigenvalue weighted by Crippen LogP contribution is 2.18. The molecule has 0 fully saturated rings. The molecular formula is C16H16FNO. The third-order valence-corrected chi connectivity index (χ3v) is 2.86. The molecule has 0 aliphatic heterocycles. The summed E-state index contributed by atoms with van der Waals surface area (Å²) in [4.78, 5) is 11.7. The summed E-state index contributed by atoms with van der Waals surface area (Å²) in [5, 5.41) is 0. The van der Waals surface area contributed by atoms with Gasteiger partial charge in [-0.2, -0.15) is 0 Å². The molecular weight excluding hydrogens is 241 g/mol. The Morgan fingerprint density at radius 3 is 2.37 bits per heavy atom. The van der Waals surface area contributed by atoms with Crippen LogP contribution in [0.1, 0.15) is 13.8 Å². The molecule has 2 aromatic rings. The van der Waals surface area contributed by atoms with Crippen LogP contribution in [-0.2, 0) is 6.54 Å². The van der Waals surface area contributed by atoms with Crippen LogP contribution in [0.25, 0.3) is 11.1 Å². The van der Waals surface area contributed by atoms with E-state index in [-0.39, 0.29) is 11.4 Å². The summed E-state index contributed by atoms with van der Waals surface area (Å²) < 4.78 is 14.5. The van der Waals surface area contributed by atoms with Gasteiger partial charge in [0.15, 0.2) is 0 Å². The van der Waals surface area contributed by atoms with Crippen LogP contribution in [-0.4, -0.2) is 4.57 Å². The molecule has 0 spiro atoms. The topological polar surface area (TPSA) is 22.0 Å². The van der Waals surface area contributed by atoms with Crippen molar-refractivity contribution in [1.82, 2.24) is 4.57 Å². The maximum Gasteiger partial charge on any atom is 0.250 e. The monoisotopic (exact) mass is 257 g/mol. The van der Waals surface area contributed by atoms with Gasteiger partial charge in [-0.15, -0.1) is 0 Å². The second-order valence-corrected chi connectivity index (χ2v) is 4.70. The molecule has 19 heavy (non-hydrogen) atoms. The Hall–Kier alpha value is -2.16. The predicted octanol–water partition coefficient (Wildman–Crippen LogP) is 3.62. The van der Waals surface area contributed by atoms with Gasteiger partial charge < -0.3 is 4.57 Å². The number of hydrogen-bond donors (Lipinski definition) is 0. The molecule has 0 aliphatic rings. The molecule has 0 bridgehead atoms. The van der Waals surface area contributed by atoms with E-state index in [0.29, 0.717) is 6.54 Å². The van der Waals surface area contributed by atoms with Gasteiger partial charge in [-0.3, -0.25) is 4.79 Å². The SMILES string of the molecule is CC(C)=CCn1cc(-c2ccc(F)cc2)ccc1=O.